The third-order valence-corrected chi connectivity index (χ3v) is 4.12. The molecule has 0 unspecified atom stereocenters. The van der Waals surface area contributed by atoms with Crippen LogP contribution in [0.4, 0.5) is 0 Å². The molecule has 1 N–H and O–H groups in total. The fraction of sp³-hybridized carbons (Fsp3) is 0.333. The molecule has 1 aliphatic rings. The van der Waals surface area contributed by atoms with Crippen LogP contribution in [0.1, 0.15) is 25.5 Å². The van der Waals surface area contributed by atoms with Crippen molar-refractivity contribution in [1.82, 2.24) is 24.3 Å². The second-order valence-electron chi connectivity index (χ2n) is 6.73. The average molecular weight is 369 g/mol. The van der Waals surface area contributed by atoms with E-state index in [1.54, 1.807) is 4.68 Å². The molecule has 4 rings (SSSR count). The molecule has 0 atom stereocenters. The van der Waals surface area contributed by atoms with Gasteiger partial charge in [-0.1, -0.05) is 13.8 Å². The van der Waals surface area contributed by atoms with Crippen LogP contribution in [-0.4, -0.2) is 31.1 Å². The van der Waals surface area contributed by atoms with Gasteiger partial charge in [-0.2, -0.15) is 5.10 Å². The maximum atomic E-state index is 12.0. The Morgan fingerprint density at radius 3 is 2.78 bits per heavy atom. The Morgan fingerprint density at radius 1 is 1.19 bits per heavy atom. The molecule has 2 aromatic heterocycles. The maximum absolute atomic E-state index is 12.0. The van der Waals surface area contributed by atoms with Gasteiger partial charge in [0.1, 0.15) is 0 Å². The fourth-order valence-electron chi connectivity index (χ4n) is 2.89. The smallest absolute Gasteiger partial charge is 0.328 e. The van der Waals surface area contributed by atoms with Crippen molar-refractivity contribution in [3.8, 4) is 17.2 Å². The number of aromatic nitrogens is 5. The highest BCUT2D eigenvalue weighted by Gasteiger charge is 2.18. The molecule has 0 fully saturated rings. The number of H-pyrrole nitrogens is 1. The minimum absolute atomic E-state index is 0.176. The molecule has 0 radical (unpaired) electrons. The predicted octanol–water partition coefficient (Wildman–Crippen LogP) is 1.09. The number of fused-ring (bicyclic) bond motifs is 1. The second-order valence-corrected chi connectivity index (χ2v) is 6.73. The van der Waals surface area contributed by atoms with Gasteiger partial charge in [-0.3, -0.25) is 14.3 Å². The van der Waals surface area contributed by atoms with Crippen molar-refractivity contribution in [2.75, 3.05) is 6.79 Å². The van der Waals surface area contributed by atoms with Crippen LogP contribution >= 0.6 is 0 Å². The normalized spacial score (nSPS) is 12.7. The molecule has 9 nitrogen and oxygen atoms in total. The molecule has 9 heteroatoms. The summed E-state index contributed by atoms with van der Waals surface area (Å²) < 4.78 is 13.9. The van der Waals surface area contributed by atoms with E-state index in [9.17, 15) is 9.59 Å². The third-order valence-electron chi connectivity index (χ3n) is 4.12. The number of nitrogens with zero attached hydrogens (tertiary/aromatic N) is 4. The lowest BCUT2D eigenvalue weighted by atomic mass is 10.1. The molecule has 140 valence electrons. The van der Waals surface area contributed by atoms with Gasteiger partial charge in [-0.25, -0.2) is 14.5 Å². The molecule has 0 aliphatic carbocycles. The molecule has 0 saturated carbocycles. The highest BCUT2D eigenvalue weighted by Crippen LogP contribution is 2.33. The van der Waals surface area contributed by atoms with Gasteiger partial charge in [0.2, 0.25) is 6.79 Å². The molecular formula is C18H19N5O4. The first-order chi connectivity index (χ1) is 13.0. The zero-order chi connectivity index (χ0) is 19.0. The standard InChI is InChI=1S/C18H19N5O4/c1-11(2)7-15-19-16(9-22-6-5-17(24)20-18(22)25)23(21-15)12-3-4-13-14(8-12)27-10-26-13/h3-6,8,11H,7,9-10H2,1-2H3,(H,20,24,25). The van der Waals surface area contributed by atoms with E-state index in [-0.39, 0.29) is 13.3 Å². The monoisotopic (exact) mass is 369 g/mol. The van der Waals surface area contributed by atoms with Crippen LogP contribution in [0.25, 0.3) is 5.69 Å². The number of hydrogen-bond donors (Lipinski definition) is 1. The van der Waals surface area contributed by atoms with Crippen LogP contribution in [0.15, 0.2) is 40.1 Å². The first kappa shape index (κ1) is 17.1. The van der Waals surface area contributed by atoms with Crippen LogP contribution in [0.2, 0.25) is 0 Å². The Hall–Kier alpha value is -3.36. The Bertz CT molecular complexity index is 1100. The molecule has 0 amide bonds. The summed E-state index contributed by atoms with van der Waals surface area (Å²) >= 11 is 0. The van der Waals surface area contributed by atoms with Crippen molar-refractivity contribution in [1.29, 1.82) is 0 Å². The Morgan fingerprint density at radius 2 is 2.00 bits per heavy atom. The number of hydrogen-bond acceptors (Lipinski definition) is 6. The molecule has 0 bridgehead atoms. The van der Waals surface area contributed by atoms with Gasteiger partial charge in [0.25, 0.3) is 5.56 Å². The summed E-state index contributed by atoms with van der Waals surface area (Å²) in [6.45, 7) is 4.55. The van der Waals surface area contributed by atoms with E-state index in [1.165, 1.54) is 16.8 Å². The summed E-state index contributed by atoms with van der Waals surface area (Å²) in [4.78, 5) is 30.2. The summed E-state index contributed by atoms with van der Waals surface area (Å²) in [5, 5.41) is 4.61. The summed E-state index contributed by atoms with van der Waals surface area (Å²) in [7, 11) is 0. The van der Waals surface area contributed by atoms with E-state index in [0.29, 0.717) is 35.5 Å². The number of aromatic amines is 1. The number of ether oxygens (including phenoxy) is 2. The van der Waals surface area contributed by atoms with Crippen LogP contribution in [0.3, 0.4) is 0 Å². The zero-order valence-electron chi connectivity index (χ0n) is 15.0. The minimum atomic E-state index is -0.492. The lowest BCUT2D eigenvalue weighted by molar-refractivity contribution is 0.174. The van der Waals surface area contributed by atoms with Crippen molar-refractivity contribution < 1.29 is 9.47 Å². The second kappa shape index (κ2) is 6.75. The Balaban J connectivity index is 1.76. The highest BCUT2D eigenvalue weighted by atomic mass is 16.7. The van der Waals surface area contributed by atoms with Gasteiger partial charge in [0, 0.05) is 24.8 Å². The van der Waals surface area contributed by atoms with Crippen molar-refractivity contribution in [2.24, 2.45) is 5.92 Å². The van der Waals surface area contributed by atoms with E-state index in [1.807, 2.05) is 18.2 Å². The van der Waals surface area contributed by atoms with Gasteiger partial charge in [0.05, 0.1) is 12.2 Å². The molecule has 1 aliphatic heterocycles. The molecule has 0 spiro atoms. The van der Waals surface area contributed by atoms with Crippen LogP contribution < -0.4 is 20.7 Å². The SMILES string of the molecule is CC(C)Cc1nc(Cn2ccc(=O)[nH]c2=O)n(-c2ccc3c(c2)OCO3)n1. The molecule has 0 saturated heterocycles. The van der Waals surface area contributed by atoms with Crippen LogP contribution in [0, 0.1) is 5.92 Å². The van der Waals surface area contributed by atoms with E-state index >= 15 is 0 Å². The first-order valence-corrected chi connectivity index (χ1v) is 8.64. The fourth-order valence-corrected chi connectivity index (χ4v) is 2.89. The number of nitrogens with one attached hydrogen (secondary N) is 1. The van der Waals surface area contributed by atoms with E-state index in [0.717, 1.165) is 5.69 Å². The van der Waals surface area contributed by atoms with Gasteiger partial charge < -0.3 is 9.47 Å². The Kier molecular flexibility index (Phi) is 4.27. The summed E-state index contributed by atoms with van der Waals surface area (Å²) in [6.07, 6.45) is 2.16. The summed E-state index contributed by atoms with van der Waals surface area (Å²) in [5.41, 5.74) is -0.170. The largest absolute Gasteiger partial charge is 0.454 e. The number of rotatable bonds is 5. The lowest BCUT2D eigenvalue weighted by Crippen LogP contribution is -2.29. The van der Waals surface area contributed by atoms with Crippen molar-refractivity contribution in [2.45, 2.75) is 26.8 Å². The van der Waals surface area contributed by atoms with Crippen LogP contribution in [-0.2, 0) is 13.0 Å². The van der Waals surface area contributed by atoms with E-state index in [4.69, 9.17) is 9.47 Å². The van der Waals surface area contributed by atoms with Gasteiger partial charge in [-0.15, -0.1) is 0 Å². The van der Waals surface area contributed by atoms with E-state index < -0.39 is 11.2 Å². The molecular weight excluding hydrogens is 350 g/mol. The topological polar surface area (TPSA) is 104 Å². The van der Waals surface area contributed by atoms with Crippen LogP contribution in [0.5, 0.6) is 11.5 Å². The highest BCUT2D eigenvalue weighted by molar-refractivity contribution is 5.50. The molecule has 1 aromatic carbocycles. The quantitative estimate of drug-likeness (QED) is 0.722. The lowest BCUT2D eigenvalue weighted by Gasteiger charge is -2.08. The number of benzene rings is 1. The van der Waals surface area contributed by atoms with Crippen molar-refractivity contribution in [3.05, 3.63) is 62.9 Å². The van der Waals surface area contributed by atoms with Gasteiger partial charge in [0.15, 0.2) is 23.1 Å². The summed E-state index contributed by atoms with van der Waals surface area (Å²) in [6, 6.07) is 6.81. The maximum Gasteiger partial charge on any atom is 0.328 e. The molecule has 3 heterocycles. The predicted molar refractivity (Wildman–Crippen MR) is 96.4 cm³/mol. The van der Waals surface area contributed by atoms with Gasteiger partial charge in [-0.05, 0) is 18.1 Å². The average Bonchev–Trinajstić information content (AvgIpc) is 3.22. The zero-order valence-corrected chi connectivity index (χ0v) is 15.0. The third kappa shape index (κ3) is 3.48. The van der Waals surface area contributed by atoms with Crippen molar-refractivity contribution in [3.63, 3.8) is 0 Å². The van der Waals surface area contributed by atoms with E-state index in [2.05, 4.69) is 28.9 Å². The Labute approximate surface area is 154 Å². The minimum Gasteiger partial charge on any atom is -0.454 e. The molecule has 27 heavy (non-hydrogen) atoms. The summed E-state index contributed by atoms with van der Waals surface area (Å²) in [5.74, 6) is 2.98. The first-order valence-electron chi connectivity index (χ1n) is 8.64. The molecule has 3 aromatic rings. The van der Waals surface area contributed by atoms with Crippen molar-refractivity contribution >= 4 is 0 Å². The van der Waals surface area contributed by atoms with Gasteiger partial charge >= 0.3 is 5.69 Å².